The van der Waals surface area contributed by atoms with Crippen molar-refractivity contribution in [1.82, 2.24) is 9.88 Å². The molecule has 4 rings (SSSR count). The molecule has 26 heavy (non-hydrogen) atoms. The molecule has 2 heterocycles. The standard InChI is InChI=1S/C21H22N2O2S/c1-2-4-17(5-3-1)18-6-8-19(9-7-18)20-16-26-21(22-20)25-15-12-23-10-13-24-14-11-23/h1-9,16H,10-15H2. The summed E-state index contributed by atoms with van der Waals surface area (Å²) in [7, 11) is 0. The van der Waals surface area contributed by atoms with Gasteiger partial charge in [0.2, 0.25) is 0 Å². The Labute approximate surface area is 158 Å². The van der Waals surface area contributed by atoms with Crippen molar-refractivity contribution in [2.75, 3.05) is 39.5 Å². The minimum Gasteiger partial charge on any atom is -0.469 e. The van der Waals surface area contributed by atoms with E-state index >= 15 is 0 Å². The highest BCUT2D eigenvalue weighted by atomic mass is 32.1. The second-order valence-electron chi connectivity index (χ2n) is 6.24. The summed E-state index contributed by atoms with van der Waals surface area (Å²) >= 11 is 1.56. The lowest BCUT2D eigenvalue weighted by atomic mass is 10.0. The number of benzene rings is 2. The van der Waals surface area contributed by atoms with Crippen LogP contribution in [-0.2, 0) is 4.74 Å². The van der Waals surface area contributed by atoms with E-state index < -0.39 is 0 Å². The van der Waals surface area contributed by atoms with Crippen LogP contribution in [0, 0.1) is 0 Å². The maximum absolute atomic E-state index is 5.83. The normalized spacial score (nSPS) is 15.1. The van der Waals surface area contributed by atoms with Gasteiger partial charge in [0.05, 0.1) is 18.9 Å². The second kappa shape index (κ2) is 8.45. The van der Waals surface area contributed by atoms with E-state index in [1.165, 1.54) is 11.1 Å². The van der Waals surface area contributed by atoms with Crippen molar-refractivity contribution in [2.24, 2.45) is 0 Å². The van der Waals surface area contributed by atoms with Crippen molar-refractivity contribution in [3.63, 3.8) is 0 Å². The van der Waals surface area contributed by atoms with Crippen LogP contribution in [0.5, 0.6) is 5.19 Å². The third kappa shape index (κ3) is 4.30. The molecule has 1 aliphatic rings. The van der Waals surface area contributed by atoms with E-state index in [4.69, 9.17) is 9.47 Å². The molecule has 0 saturated carbocycles. The van der Waals surface area contributed by atoms with Crippen molar-refractivity contribution in [3.05, 3.63) is 60.0 Å². The molecule has 0 aliphatic carbocycles. The van der Waals surface area contributed by atoms with Crippen LogP contribution in [0.1, 0.15) is 0 Å². The van der Waals surface area contributed by atoms with E-state index in [0.717, 1.165) is 49.3 Å². The number of hydrogen-bond donors (Lipinski definition) is 0. The Kier molecular flexibility index (Phi) is 5.59. The van der Waals surface area contributed by atoms with Crippen molar-refractivity contribution in [2.45, 2.75) is 0 Å². The number of thiazole rings is 1. The number of rotatable bonds is 6. The molecule has 0 N–H and O–H groups in total. The number of hydrogen-bond acceptors (Lipinski definition) is 5. The van der Waals surface area contributed by atoms with Crippen LogP contribution in [0.4, 0.5) is 0 Å². The quantitative estimate of drug-likeness (QED) is 0.655. The molecule has 0 spiro atoms. The summed E-state index contributed by atoms with van der Waals surface area (Å²) in [6, 6.07) is 18.9. The number of nitrogens with zero attached hydrogens (tertiary/aromatic N) is 2. The first kappa shape index (κ1) is 17.2. The molecule has 1 aliphatic heterocycles. The Morgan fingerprint density at radius 2 is 1.62 bits per heavy atom. The summed E-state index contributed by atoms with van der Waals surface area (Å²) in [6.07, 6.45) is 0. The molecule has 0 radical (unpaired) electrons. The number of ether oxygens (including phenoxy) is 2. The van der Waals surface area contributed by atoms with Gasteiger partial charge < -0.3 is 9.47 Å². The highest BCUT2D eigenvalue weighted by Gasteiger charge is 2.11. The van der Waals surface area contributed by atoms with Crippen LogP contribution in [0.3, 0.4) is 0 Å². The summed E-state index contributed by atoms with van der Waals surface area (Å²) < 4.78 is 11.2. The lowest BCUT2D eigenvalue weighted by Gasteiger charge is -2.26. The molecular formula is C21H22N2O2S. The zero-order chi connectivity index (χ0) is 17.6. The molecule has 4 nitrogen and oxygen atoms in total. The number of morpholine rings is 1. The molecule has 0 atom stereocenters. The lowest BCUT2D eigenvalue weighted by Crippen LogP contribution is -2.38. The van der Waals surface area contributed by atoms with Gasteiger partial charge in [-0.2, -0.15) is 0 Å². The predicted octanol–water partition coefficient (Wildman–Crippen LogP) is 4.19. The van der Waals surface area contributed by atoms with Crippen LogP contribution in [0.25, 0.3) is 22.4 Å². The Hall–Kier alpha value is -2.21. The minimum atomic E-state index is 0.667. The monoisotopic (exact) mass is 366 g/mol. The van der Waals surface area contributed by atoms with Gasteiger partial charge >= 0.3 is 0 Å². The third-order valence-corrected chi connectivity index (χ3v) is 5.26. The van der Waals surface area contributed by atoms with Gasteiger partial charge in [-0.25, -0.2) is 4.98 Å². The summed E-state index contributed by atoms with van der Waals surface area (Å²) in [5.74, 6) is 0. The zero-order valence-electron chi connectivity index (χ0n) is 14.6. The topological polar surface area (TPSA) is 34.6 Å². The smallest absolute Gasteiger partial charge is 0.273 e. The summed E-state index contributed by atoms with van der Waals surface area (Å²) in [5.41, 5.74) is 4.52. The van der Waals surface area contributed by atoms with Crippen molar-refractivity contribution in [1.29, 1.82) is 0 Å². The first-order chi connectivity index (χ1) is 12.9. The van der Waals surface area contributed by atoms with Gasteiger partial charge in [0.25, 0.3) is 5.19 Å². The van der Waals surface area contributed by atoms with E-state index in [1.54, 1.807) is 11.3 Å². The van der Waals surface area contributed by atoms with Gasteiger partial charge in [-0.15, -0.1) is 0 Å². The summed E-state index contributed by atoms with van der Waals surface area (Å²) in [6.45, 7) is 5.20. The Morgan fingerprint density at radius 3 is 2.38 bits per heavy atom. The first-order valence-corrected chi connectivity index (χ1v) is 9.81. The van der Waals surface area contributed by atoms with Gasteiger partial charge in [-0.3, -0.25) is 4.90 Å². The van der Waals surface area contributed by atoms with Crippen molar-refractivity contribution in [3.8, 4) is 27.6 Å². The molecule has 2 aromatic carbocycles. The van der Waals surface area contributed by atoms with Gasteiger partial charge in [-0.1, -0.05) is 65.9 Å². The van der Waals surface area contributed by atoms with E-state index in [1.807, 2.05) is 6.07 Å². The van der Waals surface area contributed by atoms with Crippen LogP contribution in [-0.4, -0.2) is 49.3 Å². The highest BCUT2D eigenvalue weighted by Crippen LogP contribution is 2.28. The van der Waals surface area contributed by atoms with E-state index in [9.17, 15) is 0 Å². The number of aromatic nitrogens is 1. The molecule has 0 unspecified atom stereocenters. The van der Waals surface area contributed by atoms with Gasteiger partial charge in [-0.05, 0) is 11.1 Å². The van der Waals surface area contributed by atoms with Crippen LogP contribution in [0.2, 0.25) is 0 Å². The fourth-order valence-electron chi connectivity index (χ4n) is 3.01. The maximum atomic E-state index is 5.83. The van der Waals surface area contributed by atoms with Crippen LogP contribution in [0.15, 0.2) is 60.0 Å². The molecule has 1 saturated heterocycles. The molecule has 0 bridgehead atoms. The van der Waals surface area contributed by atoms with E-state index in [2.05, 4.69) is 63.8 Å². The average Bonchev–Trinajstić information content (AvgIpc) is 3.19. The average molecular weight is 366 g/mol. The zero-order valence-corrected chi connectivity index (χ0v) is 15.5. The largest absolute Gasteiger partial charge is 0.469 e. The van der Waals surface area contributed by atoms with Crippen LogP contribution >= 0.6 is 11.3 Å². The Morgan fingerprint density at radius 1 is 0.923 bits per heavy atom. The third-order valence-electron chi connectivity index (χ3n) is 4.51. The lowest BCUT2D eigenvalue weighted by molar-refractivity contribution is 0.0322. The highest BCUT2D eigenvalue weighted by molar-refractivity contribution is 7.11. The molecule has 1 aromatic heterocycles. The Bertz CT molecular complexity index is 812. The summed E-state index contributed by atoms with van der Waals surface area (Å²) in [4.78, 5) is 6.98. The summed E-state index contributed by atoms with van der Waals surface area (Å²) in [5, 5.41) is 2.79. The first-order valence-electron chi connectivity index (χ1n) is 8.93. The molecule has 3 aromatic rings. The van der Waals surface area contributed by atoms with Crippen molar-refractivity contribution >= 4 is 11.3 Å². The fraction of sp³-hybridized carbons (Fsp3) is 0.286. The maximum Gasteiger partial charge on any atom is 0.273 e. The molecular weight excluding hydrogens is 344 g/mol. The van der Waals surface area contributed by atoms with Crippen molar-refractivity contribution < 1.29 is 9.47 Å². The molecule has 0 amide bonds. The molecule has 1 fully saturated rings. The second-order valence-corrected chi connectivity index (χ2v) is 7.07. The Balaban J connectivity index is 1.35. The van der Waals surface area contributed by atoms with Gasteiger partial charge in [0.1, 0.15) is 6.61 Å². The van der Waals surface area contributed by atoms with E-state index in [-0.39, 0.29) is 0 Å². The molecule has 134 valence electrons. The van der Waals surface area contributed by atoms with Crippen LogP contribution < -0.4 is 4.74 Å². The SMILES string of the molecule is c1ccc(-c2ccc(-c3csc(OCCN4CCOCC4)n3)cc2)cc1. The fourth-order valence-corrected chi connectivity index (χ4v) is 3.71. The molecule has 5 heteroatoms. The predicted molar refractivity (Wildman–Crippen MR) is 106 cm³/mol. The van der Waals surface area contributed by atoms with Gasteiger partial charge in [0.15, 0.2) is 0 Å². The van der Waals surface area contributed by atoms with E-state index in [0.29, 0.717) is 6.61 Å². The minimum absolute atomic E-state index is 0.667. The van der Waals surface area contributed by atoms with Gasteiger partial charge in [0, 0.05) is 30.6 Å².